The fraction of sp³-hybridized carbons (Fsp3) is 0.435. The highest BCUT2D eigenvalue weighted by Gasteiger charge is 2.27. The molecule has 1 atom stereocenters. The van der Waals surface area contributed by atoms with Gasteiger partial charge in [-0.05, 0) is 25.5 Å². The van der Waals surface area contributed by atoms with Gasteiger partial charge in [0, 0.05) is 37.5 Å². The number of pyridine rings is 1. The van der Waals surface area contributed by atoms with E-state index in [9.17, 15) is 13.5 Å². The average Bonchev–Trinajstić information content (AvgIpc) is 2.76. The zero-order valence-corrected chi connectivity index (χ0v) is 21.2. The minimum atomic E-state index is -3.29. The van der Waals surface area contributed by atoms with Gasteiger partial charge in [0.15, 0.2) is 5.52 Å². The van der Waals surface area contributed by atoms with Crippen molar-refractivity contribution in [1.29, 1.82) is 0 Å². The zero-order valence-electron chi connectivity index (χ0n) is 19.4. The summed E-state index contributed by atoms with van der Waals surface area (Å²) in [6.45, 7) is 4.56. The molecule has 0 spiro atoms. The Morgan fingerprint density at radius 2 is 1.91 bits per heavy atom. The first-order valence-corrected chi connectivity index (χ1v) is 12.6. The van der Waals surface area contributed by atoms with Crippen LogP contribution in [0, 0.1) is 0 Å². The molecule has 1 N–H and O–H groups in total. The Labute approximate surface area is 206 Å². The Balaban J connectivity index is 0.00000324. The third-order valence-electron chi connectivity index (χ3n) is 5.29. The molecule has 184 valence electrons. The van der Waals surface area contributed by atoms with Crippen LogP contribution in [0.2, 0.25) is 0 Å². The van der Waals surface area contributed by atoms with E-state index in [0.717, 1.165) is 11.1 Å². The van der Waals surface area contributed by atoms with Crippen LogP contribution in [-0.4, -0.2) is 77.0 Å². The summed E-state index contributed by atoms with van der Waals surface area (Å²) in [5.74, 6) is 0.316. The van der Waals surface area contributed by atoms with Gasteiger partial charge in [-0.25, -0.2) is 18.4 Å². The second-order valence-corrected chi connectivity index (χ2v) is 10.8. The lowest BCUT2D eigenvalue weighted by Gasteiger charge is -2.30. The van der Waals surface area contributed by atoms with Gasteiger partial charge in [0.1, 0.15) is 12.7 Å². The Morgan fingerprint density at radius 3 is 2.59 bits per heavy atom. The van der Waals surface area contributed by atoms with E-state index < -0.39 is 21.7 Å². The first kappa shape index (κ1) is 26.3. The van der Waals surface area contributed by atoms with E-state index in [1.54, 1.807) is 26.2 Å². The summed E-state index contributed by atoms with van der Waals surface area (Å²) >= 11 is 0. The second-order valence-electron chi connectivity index (χ2n) is 8.85. The fourth-order valence-corrected chi connectivity index (χ4v) is 4.59. The van der Waals surface area contributed by atoms with Gasteiger partial charge in [-0.3, -0.25) is 4.98 Å². The predicted octanol–water partition coefficient (Wildman–Crippen LogP) is 2.16. The zero-order chi connectivity index (χ0) is 23.6. The number of hydrogen-bond donors (Lipinski definition) is 1. The normalized spacial score (nSPS) is 17.4. The quantitative estimate of drug-likeness (QED) is 0.518. The molecule has 0 amide bonds. The van der Waals surface area contributed by atoms with Crippen molar-refractivity contribution in [3.05, 3.63) is 48.3 Å². The molecule has 1 fully saturated rings. The molecule has 0 aliphatic carbocycles. The molecule has 1 aliphatic rings. The molecule has 4 rings (SSSR count). The van der Waals surface area contributed by atoms with Crippen molar-refractivity contribution >= 4 is 34.6 Å². The number of benzene rings is 1. The van der Waals surface area contributed by atoms with Crippen LogP contribution < -0.4 is 4.74 Å². The summed E-state index contributed by atoms with van der Waals surface area (Å²) in [6, 6.07) is 9.67. The SMILES string of the molecule is CC(C)(O)Cc1ccc(-c2cc3nccnc3c(OC[C@@H]3CN(S(C)(=O)=O)CCO3)n2)cc1.S. The maximum absolute atomic E-state index is 11.9. The number of nitrogens with zero attached hydrogens (tertiary/aromatic N) is 4. The number of rotatable bonds is 7. The van der Waals surface area contributed by atoms with Gasteiger partial charge in [-0.1, -0.05) is 24.3 Å². The van der Waals surface area contributed by atoms with E-state index in [0.29, 0.717) is 42.2 Å². The van der Waals surface area contributed by atoms with Gasteiger partial charge >= 0.3 is 0 Å². The van der Waals surface area contributed by atoms with Crippen LogP contribution in [0.1, 0.15) is 19.4 Å². The molecule has 0 radical (unpaired) electrons. The Morgan fingerprint density at radius 1 is 1.21 bits per heavy atom. The van der Waals surface area contributed by atoms with Crippen molar-refractivity contribution in [2.24, 2.45) is 0 Å². The van der Waals surface area contributed by atoms with Crippen LogP contribution in [0.4, 0.5) is 0 Å². The molecule has 0 saturated carbocycles. The Kier molecular flexibility index (Phi) is 8.14. The molecular weight excluding hydrogens is 476 g/mol. The lowest BCUT2D eigenvalue weighted by atomic mass is 9.97. The first-order valence-electron chi connectivity index (χ1n) is 10.7. The molecule has 34 heavy (non-hydrogen) atoms. The van der Waals surface area contributed by atoms with Gasteiger partial charge in [-0.15, -0.1) is 0 Å². The fourth-order valence-electron chi connectivity index (χ4n) is 3.75. The predicted molar refractivity (Wildman–Crippen MR) is 135 cm³/mol. The number of ether oxygens (including phenoxy) is 2. The van der Waals surface area contributed by atoms with Crippen molar-refractivity contribution in [3.63, 3.8) is 0 Å². The number of aromatic nitrogens is 3. The molecule has 0 bridgehead atoms. The summed E-state index contributed by atoms with van der Waals surface area (Å²) < 4.78 is 36.8. The van der Waals surface area contributed by atoms with Crippen LogP contribution >= 0.6 is 13.5 Å². The minimum Gasteiger partial charge on any atom is -0.473 e. The third-order valence-corrected chi connectivity index (χ3v) is 6.56. The molecule has 9 nitrogen and oxygen atoms in total. The Hall–Kier alpha value is -2.31. The highest BCUT2D eigenvalue weighted by atomic mass is 32.2. The maximum atomic E-state index is 11.9. The largest absolute Gasteiger partial charge is 0.473 e. The topological polar surface area (TPSA) is 115 Å². The molecular formula is C23H30N4O5S2. The summed E-state index contributed by atoms with van der Waals surface area (Å²) in [7, 11) is -3.29. The smallest absolute Gasteiger partial charge is 0.242 e. The van der Waals surface area contributed by atoms with E-state index in [4.69, 9.17) is 9.47 Å². The van der Waals surface area contributed by atoms with Crippen molar-refractivity contribution < 1.29 is 23.0 Å². The lowest BCUT2D eigenvalue weighted by molar-refractivity contribution is -0.0252. The molecule has 3 heterocycles. The van der Waals surface area contributed by atoms with Crippen LogP contribution in [0.15, 0.2) is 42.7 Å². The minimum absolute atomic E-state index is 0. The van der Waals surface area contributed by atoms with Gasteiger partial charge in [0.25, 0.3) is 0 Å². The monoisotopic (exact) mass is 506 g/mol. The van der Waals surface area contributed by atoms with Gasteiger partial charge < -0.3 is 14.6 Å². The van der Waals surface area contributed by atoms with Crippen LogP contribution in [0.25, 0.3) is 22.3 Å². The highest BCUT2D eigenvalue weighted by Crippen LogP contribution is 2.28. The summed E-state index contributed by atoms with van der Waals surface area (Å²) in [4.78, 5) is 13.4. The van der Waals surface area contributed by atoms with Crippen molar-refractivity contribution in [3.8, 4) is 17.1 Å². The van der Waals surface area contributed by atoms with E-state index in [1.807, 2.05) is 30.3 Å². The third kappa shape index (κ3) is 6.63. The van der Waals surface area contributed by atoms with Crippen molar-refractivity contribution in [1.82, 2.24) is 19.3 Å². The number of hydrogen-bond acceptors (Lipinski definition) is 8. The van der Waals surface area contributed by atoms with Crippen molar-refractivity contribution in [2.75, 3.05) is 32.6 Å². The highest BCUT2D eigenvalue weighted by molar-refractivity contribution is 7.88. The molecule has 1 saturated heterocycles. The molecule has 1 aromatic carbocycles. The van der Waals surface area contributed by atoms with E-state index in [2.05, 4.69) is 15.0 Å². The number of morpholine rings is 1. The average molecular weight is 507 g/mol. The molecule has 0 unspecified atom stereocenters. The van der Waals surface area contributed by atoms with Crippen LogP contribution in [0.5, 0.6) is 5.88 Å². The lowest BCUT2D eigenvalue weighted by Crippen LogP contribution is -2.47. The summed E-state index contributed by atoms with van der Waals surface area (Å²) in [6.07, 6.45) is 4.51. The van der Waals surface area contributed by atoms with E-state index in [1.165, 1.54) is 10.6 Å². The van der Waals surface area contributed by atoms with Gasteiger partial charge in [0.05, 0.1) is 29.7 Å². The molecule has 3 aromatic rings. The number of fused-ring (bicyclic) bond motifs is 1. The van der Waals surface area contributed by atoms with Crippen LogP contribution in [0.3, 0.4) is 0 Å². The second kappa shape index (κ2) is 10.5. The number of aliphatic hydroxyl groups is 1. The molecule has 2 aromatic heterocycles. The number of sulfonamides is 1. The van der Waals surface area contributed by atoms with E-state index >= 15 is 0 Å². The van der Waals surface area contributed by atoms with Gasteiger partial charge in [-0.2, -0.15) is 17.8 Å². The molecule has 1 aliphatic heterocycles. The molecule has 11 heteroatoms. The standard InChI is InChI=1S/C23H28N4O5S.H2S/c1-23(2,28)13-16-4-6-17(7-5-16)19-12-20-21(25-9-8-24-20)22(26-19)32-15-18-14-27(10-11-31-18)33(3,29)30;/h4-9,12,18,28H,10-11,13-15H2,1-3H3;1H2/t18-;/m0./s1. The van der Waals surface area contributed by atoms with Gasteiger partial charge in [0.2, 0.25) is 15.9 Å². The van der Waals surface area contributed by atoms with Crippen LogP contribution in [-0.2, 0) is 21.2 Å². The van der Waals surface area contributed by atoms with Crippen molar-refractivity contribution in [2.45, 2.75) is 32.0 Å². The van der Waals surface area contributed by atoms with E-state index in [-0.39, 0.29) is 26.6 Å². The summed E-state index contributed by atoms with van der Waals surface area (Å²) in [5, 5.41) is 10.0. The Bertz CT molecular complexity index is 1230. The summed E-state index contributed by atoms with van der Waals surface area (Å²) in [5.41, 5.74) is 2.95. The first-order chi connectivity index (χ1) is 15.6. The maximum Gasteiger partial charge on any atom is 0.242 e.